The Balaban J connectivity index is 0.000000210. The van der Waals surface area contributed by atoms with E-state index in [1.807, 2.05) is 83.1 Å². The summed E-state index contributed by atoms with van der Waals surface area (Å²) in [4.78, 5) is 130. The Bertz CT molecular complexity index is 5950. The van der Waals surface area contributed by atoms with Crippen molar-refractivity contribution in [3.05, 3.63) is 209 Å². The third-order valence-corrected chi connectivity index (χ3v) is 20.0. The van der Waals surface area contributed by atoms with Gasteiger partial charge in [-0.2, -0.15) is 0 Å². The van der Waals surface area contributed by atoms with Crippen LogP contribution in [0.5, 0.6) is 28.7 Å². The van der Waals surface area contributed by atoms with Crippen molar-refractivity contribution in [1.29, 1.82) is 0 Å². The molecule has 4 heterocycles. The number of nitrogens with zero attached hydrogens (tertiary/aromatic N) is 4. The molecule has 0 bridgehead atoms. The Morgan fingerprint density at radius 2 is 0.568 bits per heavy atom. The van der Waals surface area contributed by atoms with Gasteiger partial charge in [0.1, 0.15) is 37.1 Å². The molecule has 0 aliphatic carbocycles. The zero-order valence-electron chi connectivity index (χ0n) is 81.2. The Morgan fingerprint density at radius 1 is 0.288 bits per heavy atom. The van der Waals surface area contributed by atoms with Crippen LogP contribution >= 0.6 is 0 Å². The zero-order valence-corrected chi connectivity index (χ0v) is 81.2. The molecule has 37 nitrogen and oxygen atoms in total. The number of fused-ring (bicyclic) bond motifs is 4. The summed E-state index contributed by atoms with van der Waals surface area (Å²) in [6.45, 7) is 32.6. The Morgan fingerprint density at radius 3 is 0.892 bits per heavy atom. The highest BCUT2D eigenvalue weighted by molar-refractivity contribution is 6.09. The van der Waals surface area contributed by atoms with Crippen LogP contribution < -0.4 is 35.5 Å². The van der Waals surface area contributed by atoms with Gasteiger partial charge < -0.3 is 107 Å². The van der Waals surface area contributed by atoms with Gasteiger partial charge in [0.25, 0.3) is 23.6 Å². The number of aromatic hydroxyl groups is 2. The van der Waals surface area contributed by atoms with Gasteiger partial charge in [0.2, 0.25) is 17.8 Å². The molecule has 4 amide bonds. The third-order valence-electron chi connectivity index (χ3n) is 20.0. The number of imidazole rings is 4. The van der Waals surface area contributed by atoms with Crippen molar-refractivity contribution in [3.8, 4) is 28.7 Å². The molecule has 8 aromatic carbocycles. The molecular weight excluding hydrogens is 1790 g/mol. The number of aromatic amines is 4. The number of carbonyl (C=O) groups is 8. The largest absolute Gasteiger partial charge is 0.508 e. The lowest BCUT2D eigenvalue weighted by atomic mass is 9.86. The number of benzene rings is 8. The van der Waals surface area contributed by atoms with Gasteiger partial charge >= 0.3 is 0 Å². The van der Waals surface area contributed by atoms with Crippen LogP contribution in [0.3, 0.4) is 0 Å². The molecule has 12 aromatic rings. The topological polar surface area (TPSA) is 489 Å². The average molecular weight is 1920 g/mol. The van der Waals surface area contributed by atoms with E-state index in [-0.39, 0.29) is 89.4 Å². The predicted molar refractivity (Wildman–Crippen MR) is 525 cm³/mol. The van der Waals surface area contributed by atoms with Gasteiger partial charge in [0.15, 0.2) is 40.5 Å². The molecule has 0 atom stereocenters. The summed E-state index contributed by atoms with van der Waals surface area (Å²) in [5, 5.41) is 38.9. The predicted octanol–water partition coefficient (Wildman–Crippen LogP) is 15.2. The summed E-state index contributed by atoms with van der Waals surface area (Å²) < 4.78 is 74.9. The maximum atomic E-state index is 12.8. The summed E-state index contributed by atoms with van der Waals surface area (Å²) >= 11 is 0. The number of methoxy groups -OCH3 is 2. The molecule has 0 fully saturated rings. The summed E-state index contributed by atoms with van der Waals surface area (Å²) in [7, 11) is 3.25. The van der Waals surface area contributed by atoms with Gasteiger partial charge in [-0.05, 0) is 164 Å². The fourth-order valence-electron chi connectivity index (χ4n) is 12.7. The molecule has 11 N–H and O–H groups in total. The van der Waals surface area contributed by atoms with E-state index < -0.39 is 33.5 Å². The lowest BCUT2D eigenvalue weighted by Crippen LogP contribution is -2.20. The van der Waals surface area contributed by atoms with Crippen molar-refractivity contribution in [2.75, 3.05) is 194 Å². The molecule has 0 saturated carbocycles. The first-order valence-electron chi connectivity index (χ1n) is 45.4. The van der Waals surface area contributed by atoms with E-state index in [9.17, 15) is 48.6 Å². The zero-order chi connectivity index (χ0) is 100. The first-order chi connectivity index (χ1) is 66.5. The minimum absolute atomic E-state index is 0.00512. The molecule has 0 spiro atoms. The van der Waals surface area contributed by atoms with Crippen molar-refractivity contribution in [3.63, 3.8) is 0 Å². The Kier molecular flexibility index (Phi) is 43.1. The van der Waals surface area contributed by atoms with Crippen LogP contribution in [-0.4, -0.2) is 275 Å². The fraction of sp³-hybridized carbons (Fsp3) is 0.412. The molecule has 37 heteroatoms. The first kappa shape index (κ1) is 109. The van der Waals surface area contributed by atoms with Gasteiger partial charge in [-0.25, -0.2) is 19.9 Å². The summed E-state index contributed by atoms with van der Waals surface area (Å²) in [5.74, 6) is 1.10. The van der Waals surface area contributed by atoms with Crippen LogP contribution in [-0.2, 0) is 52.1 Å². The molecule has 0 unspecified atom stereocenters. The van der Waals surface area contributed by atoms with E-state index >= 15 is 0 Å². The first-order valence-corrected chi connectivity index (χ1v) is 45.4. The molecule has 746 valence electrons. The number of amides is 4. The number of ether oxygens (including phenoxy) is 14. The third kappa shape index (κ3) is 36.5. The lowest BCUT2D eigenvalue weighted by molar-refractivity contribution is 0.0000838. The highest BCUT2D eigenvalue weighted by Crippen LogP contribution is 2.32. The SMILES string of the molecule is CC(C)(C)C(=O)c1ccc2nc(C(=O)Nc3ccc(O)cc3)[nH]c2c1.CC(C)(C)C(=O)c1ccc2nc(NC(=O)c3ccc(OCCOCCOCCOCCO)cc3)[nH]c2c1.COCCOCCOCCOCCOc1cc(C(=O)Nc2nc3ccc(C(=O)C(C)(C)C)cc3[nH]2)ccc1O.COCCOCCOCCOCCOc1ccc(C(=O)Nc2nc3ccc(C(=O)C(C)(C)C)cc3[nH]2)cc1. The smallest absolute Gasteiger partial charge is 0.291 e. The number of phenolic OH excluding ortho intramolecular Hbond substituents is 2. The highest BCUT2D eigenvalue weighted by atomic mass is 16.6. The van der Waals surface area contributed by atoms with E-state index in [0.717, 1.165) is 0 Å². The Labute approximate surface area is 806 Å². The van der Waals surface area contributed by atoms with E-state index in [1.54, 1.807) is 148 Å². The van der Waals surface area contributed by atoms with Crippen molar-refractivity contribution >= 4 is 114 Å². The monoisotopic (exact) mass is 1920 g/mol. The standard InChI is InChI=1S/C28H37N3O8.C28H37N3O7.C27H35N3O7.C19H19N3O3/c1-28(2,3)25(33)19-5-7-21-22(17-19)30-27(29-21)31-26(34)20-6-8-23(32)24(18-20)39-16-15-38-14-13-37-12-11-36-10-9-35-4;1-28(2,3)25(32)21-7-10-23-24(19-21)30-27(29-23)31-26(33)20-5-8-22(9-6-20)38-18-17-37-16-15-36-14-13-35-12-11-34-4;1-27(2,3)24(32)20-6-9-22-23(18-20)29-26(28-22)30-25(33)19-4-7-21(8-5-19)37-17-16-36-15-14-35-13-12-34-11-10-31;1-19(2,3)16(24)11-4-9-14-15(10-11)22-17(21-14)18(25)20-12-5-7-13(23)8-6-12/h5-8,17-18,32H,9-16H2,1-4H3,(H2,29,30,31,34);5-10,19H,11-18H2,1-4H3,(H2,29,30,31,33);4-9,18,31H,10-17H2,1-3H3,(H2,28,29,30,33);4-10,23H,1-3H3,(H,20,25)(H,21,22). The molecule has 0 radical (unpaired) electrons. The van der Waals surface area contributed by atoms with Crippen LogP contribution in [0.15, 0.2) is 164 Å². The number of Topliss-reactive ketones (excluding diaryl/α,β-unsaturated/α-hetero) is 4. The summed E-state index contributed by atoms with van der Waals surface area (Å²) in [5.41, 5.74) is 7.28. The second-order valence-electron chi connectivity index (χ2n) is 35.4. The quantitative estimate of drug-likeness (QED) is 0.00958. The molecular formula is C102H128N12O25. The number of phenols is 2. The summed E-state index contributed by atoms with van der Waals surface area (Å²) in [6.07, 6.45) is 0. The number of carbonyl (C=O) groups excluding carboxylic acids is 8. The number of hydrogen-bond acceptors (Lipinski definition) is 29. The number of rotatable bonds is 50. The lowest BCUT2D eigenvalue weighted by Gasteiger charge is -2.16. The summed E-state index contributed by atoms with van der Waals surface area (Å²) in [6, 6.07) is 44.9. The van der Waals surface area contributed by atoms with Gasteiger partial charge in [-0.15, -0.1) is 0 Å². The normalized spacial score (nSPS) is 11.6. The number of anilines is 4. The molecule has 0 aliphatic heterocycles. The minimum Gasteiger partial charge on any atom is -0.508 e. The van der Waals surface area contributed by atoms with E-state index in [4.69, 9.17) is 71.4 Å². The maximum Gasteiger partial charge on any atom is 0.291 e. The highest BCUT2D eigenvalue weighted by Gasteiger charge is 2.29. The molecule has 12 rings (SSSR count). The molecule has 139 heavy (non-hydrogen) atoms. The molecule has 0 aliphatic rings. The fourth-order valence-corrected chi connectivity index (χ4v) is 12.7. The van der Waals surface area contributed by atoms with Crippen LogP contribution in [0.25, 0.3) is 44.1 Å². The number of aliphatic hydroxyl groups is 1. The number of aliphatic hydroxyl groups excluding tert-OH is 1. The van der Waals surface area contributed by atoms with Crippen molar-refractivity contribution in [2.24, 2.45) is 21.7 Å². The second kappa shape index (κ2) is 54.8. The maximum absolute atomic E-state index is 12.8. The van der Waals surface area contributed by atoms with Crippen molar-refractivity contribution in [1.82, 2.24) is 39.9 Å². The van der Waals surface area contributed by atoms with Crippen LogP contribution in [0.2, 0.25) is 0 Å². The molecule has 4 aromatic heterocycles. The van der Waals surface area contributed by atoms with Crippen LogP contribution in [0.4, 0.5) is 23.5 Å². The average Bonchev–Trinajstić information content (AvgIpc) is 1.66. The van der Waals surface area contributed by atoms with Gasteiger partial charge in [-0.3, -0.25) is 54.3 Å². The van der Waals surface area contributed by atoms with E-state index in [1.165, 1.54) is 30.3 Å². The number of H-pyrrole nitrogens is 4. The molecule has 0 saturated heterocycles. The number of aromatic nitrogens is 8. The van der Waals surface area contributed by atoms with E-state index in [2.05, 4.69) is 61.1 Å². The van der Waals surface area contributed by atoms with E-state index in [0.29, 0.717) is 245 Å². The second-order valence-corrected chi connectivity index (χ2v) is 35.4. The van der Waals surface area contributed by atoms with Crippen molar-refractivity contribution < 1.29 is 120 Å². The van der Waals surface area contributed by atoms with Crippen molar-refractivity contribution in [2.45, 2.75) is 83.1 Å². The van der Waals surface area contributed by atoms with Gasteiger partial charge in [-0.1, -0.05) is 83.1 Å². The van der Waals surface area contributed by atoms with Gasteiger partial charge in [0.05, 0.1) is 183 Å². The number of ketones is 4. The van der Waals surface area contributed by atoms with Gasteiger partial charge in [0, 0.05) is 80.5 Å². The number of nitrogens with one attached hydrogen (secondary N) is 8. The number of hydrogen-bond donors (Lipinski definition) is 11. The Hall–Kier alpha value is -13.3. The van der Waals surface area contributed by atoms with Crippen LogP contribution in [0, 0.1) is 21.7 Å². The van der Waals surface area contributed by atoms with Crippen LogP contribution in [0.1, 0.15) is 166 Å². The minimum atomic E-state index is -0.510.